The summed E-state index contributed by atoms with van der Waals surface area (Å²) in [6.45, 7) is 2.07. The smallest absolute Gasteiger partial charge is 0.339 e. The summed E-state index contributed by atoms with van der Waals surface area (Å²) in [7, 11) is 0. The number of nitrogens with one attached hydrogen (secondary N) is 3. The van der Waals surface area contributed by atoms with Crippen molar-refractivity contribution in [3.05, 3.63) is 35.3 Å². The van der Waals surface area contributed by atoms with Gasteiger partial charge in [0.2, 0.25) is 0 Å². The van der Waals surface area contributed by atoms with Crippen LogP contribution < -0.4 is 10.6 Å². The van der Waals surface area contributed by atoms with Gasteiger partial charge in [-0.1, -0.05) is 0 Å². The number of rotatable bonds is 6. The van der Waals surface area contributed by atoms with Crippen LogP contribution in [0.2, 0.25) is 0 Å². The number of hydrogen-bond donors (Lipinski definition) is 4. The number of aryl methyl sites for hydroxylation is 1. The first-order valence-electron chi connectivity index (χ1n) is 6.25. The van der Waals surface area contributed by atoms with E-state index in [2.05, 4.69) is 25.8 Å². The van der Waals surface area contributed by atoms with E-state index in [9.17, 15) is 9.59 Å². The molecule has 9 heteroatoms. The lowest BCUT2D eigenvalue weighted by Gasteiger charge is -2.05. The molecular formula is C12H15N5O4. The molecule has 0 fully saturated rings. The Labute approximate surface area is 119 Å². The van der Waals surface area contributed by atoms with Gasteiger partial charge in [0, 0.05) is 13.0 Å². The zero-order valence-electron chi connectivity index (χ0n) is 11.3. The van der Waals surface area contributed by atoms with Gasteiger partial charge in [0.25, 0.3) is 0 Å². The molecule has 0 aliphatic carbocycles. The van der Waals surface area contributed by atoms with Crippen LogP contribution in [0, 0.1) is 6.92 Å². The third-order valence-electron chi connectivity index (χ3n) is 2.73. The van der Waals surface area contributed by atoms with Crippen molar-refractivity contribution in [2.45, 2.75) is 19.9 Å². The maximum absolute atomic E-state index is 11.5. The lowest BCUT2D eigenvalue weighted by molar-refractivity contribution is 0.0695. The molecule has 2 heterocycles. The van der Waals surface area contributed by atoms with Crippen molar-refractivity contribution in [3.8, 4) is 0 Å². The summed E-state index contributed by atoms with van der Waals surface area (Å²) >= 11 is 0. The molecule has 0 aromatic carbocycles. The normalized spacial score (nSPS) is 10.3. The Morgan fingerprint density at radius 2 is 2.24 bits per heavy atom. The number of aromatic nitrogens is 3. The molecular weight excluding hydrogens is 278 g/mol. The average Bonchev–Trinajstić information content (AvgIpc) is 3.06. The van der Waals surface area contributed by atoms with E-state index in [0.29, 0.717) is 30.3 Å². The molecule has 0 aliphatic heterocycles. The number of urea groups is 1. The number of carboxylic acid groups (broad SMARTS) is 1. The number of H-pyrrole nitrogens is 1. The second-order valence-corrected chi connectivity index (χ2v) is 4.28. The van der Waals surface area contributed by atoms with Gasteiger partial charge in [0.15, 0.2) is 0 Å². The van der Waals surface area contributed by atoms with Crippen LogP contribution in [0.5, 0.6) is 0 Å². The molecule has 2 amide bonds. The summed E-state index contributed by atoms with van der Waals surface area (Å²) in [5, 5.41) is 20.5. The monoisotopic (exact) mass is 293 g/mol. The van der Waals surface area contributed by atoms with E-state index >= 15 is 0 Å². The van der Waals surface area contributed by atoms with Crippen LogP contribution in [-0.2, 0) is 13.0 Å². The maximum Gasteiger partial charge on any atom is 0.339 e. The Kier molecular flexibility index (Phi) is 4.54. The molecule has 2 aromatic rings. The molecule has 0 spiro atoms. The lowest BCUT2D eigenvalue weighted by atomic mass is 10.2. The third kappa shape index (κ3) is 4.06. The second kappa shape index (κ2) is 6.55. The van der Waals surface area contributed by atoms with E-state index < -0.39 is 5.97 Å². The Bertz CT molecular complexity index is 620. The van der Waals surface area contributed by atoms with Crippen molar-refractivity contribution >= 4 is 12.0 Å². The number of aromatic amines is 1. The van der Waals surface area contributed by atoms with E-state index in [1.165, 1.54) is 12.4 Å². The number of hydrogen-bond acceptors (Lipinski definition) is 5. The Morgan fingerprint density at radius 1 is 1.43 bits per heavy atom. The predicted molar refractivity (Wildman–Crippen MR) is 70.7 cm³/mol. The maximum atomic E-state index is 11.5. The SMILES string of the molecule is Cc1oc(CNC(=O)NCCc2ncn[nH]2)cc1C(=O)O. The molecule has 0 aliphatic rings. The summed E-state index contributed by atoms with van der Waals surface area (Å²) in [4.78, 5) is 26.3. The quantitative estimate of drug-likeness (QED) is 0.611. The van der Waals surface area contributed by atoms with Crippen LogP contribution >= 0.6 is 0 Å². The van der Waals surface area contributed by atoms with E-state index in [1.54, 1.807) is 6.92 Å². The molecule has 0 atom stereocenters. The van der Waals surface area contributed by atoms with Crippen molar-refractivity contribution in [3.63, 3.8) is 0 Å². The van der Waals surface area contributed by atoms with Gasteiger partial charge >= 0.3 is 12.0 Å². The molecule has 2 aromatic heterocycles. The van der Waals surface area contributed by atoms with Crippen LogP contribution in [-0.4, -0.2) is 38.8 Å². The van der Waals surface area contributed by atoms with Crippen LogP contribution in [0.1, 0.15) is 27.7 Å². The molecule has 112 valence electrons. The number of carbonyl (C=O) groups is 2. The van der Waals surface area contributed by atoms with Gasteiger partial charge < -0.3 is 20.2 Å². The molecule has 0 bridgehead atoms. The van der Waals surface area contributed by atoms with E-state index in [0.717, 1.165) is 0 Å². The summed E-state index contributed by atoms with van der Waals surface area (Å²) < 4.78 is 5.24. The highest BCUT2D eigenvalue weighted by atomic mass is 16.4. The highest BCUT2D eigenvalue weighted by Gasteiger charge is 2.13. The van der Waals surface area contributed by atoms with Crippen LogP contribution in [0.15, 0.2) is 16.8 Å². The van der Waals surface area contributed by atoms with Crippen LogP contribution in [0.4, 0.5) is 4.79 Å². The fourth-order valence-electron chi connectivity index (χ4n) is 1.72. The van der Waals surface area contributed by atoms with Gasteiger partial charge in [-0.05, 0) is 13.0 Å². The fourth-order valence-corrected chi connectivity index (χ4v) is 1.72. The minimum absolute atomic E-state index is 0.0949. The van der Waals surface area contributed by atoms with Gasteiger partial charge in [-0.15, -0.1) is 0 Å². The van der Waals surface area contributed by atoms with Crippen LogP contribution in [0.25, 0.3) is 0 Å². The Hall–Kier alpha value is -2.84. The van der Waals surface area contributed by atoms with Gasteiger partial charge in [-0.3, -0.25) is 5.10 Å². The molecule has 4 N–H and O–H groups in total. The molecule has 2 rings (SSSR count). The first-order chi connectivity index (χ1) is 10.1. The van der Waals surface area contributed by atoms with E-state index in [1.807, 2.05) is 0 Å². The number of furan rings is 1. The summed E-state index contributed by atoms with van der Waals surface area (Å²) in [5.41, 5.74) is 0.0949. The predicted octanol–water partition coefficient (Wildman–Crippen LogP) is 0.446. The molecule has 0 saturated carbocycles. The summed E-state index contributed by atoms with van der Waals surface area (Å²) in [6.07, 6.45) is 1.94. The summed E-state index contributed by atoms with van der Waals surface area (Å²) in [5.74, 6) is 0.322. The molecule has 9 nitrogen and oxygen atoms in total. The molecule has 21 heavy (non-hydrogen) atoms. The highest BCUT2D eigenvalue weighted by Crippen LogP contribution is 2.14. The van der Waals surface area contributed by atoms with Crippen molar-refractivity contribution in [2.75, 3.05) is 6.54 Å². The van der Waals surface area contributed by atoms with E-state index in [-0.39, 0.29) is 18.1 Å². The largest absolute Gasteiger partial charge is 0.478 e. The van der Waals surface area contributed by atoms with Gasteiger partial charge in [-0.2, -0.15) is 5.10 Å². The first-order valence-corrected chi connectivity index (χ1v) is 6.25. The van der Waals surface area contributed by atoms with Crippen molar-refractivity contribution in [1.82, 2.24) is 25.8 Å². The number of carboxylic acids is 1. The number of aromatic carboxylic acids is 1. The average molecular weight is 293 g/mol. The Morgan fingerprint density at radius 3 is 2.86 bits per heavy atom. The number of amides is 2. The summed E-state index contributed by atoms with van der Waals surface area (Å²) in [6, 6.07) is 1.02. The molecule has 0 saturated heterocycles. The van der Waals surface area contributed by atoms with E-state index in [4.69, 9.17) is 9.52 Å². The minimum atomic E-state index is -1.06. The second-order valence-electron chi connectivity index (χ2n) is 4.28. The molecule has 0 unspecified atom stereocenters. The topological polar surface area (TPSA) is 133 Å². The van der Waals surface area contributed by atoms with Crippen molar-refractivity contribution < 1.29 is 19.1 Å². The highest BCUT2D eigenvalue weighted by molar-refractivity contribution is 5.88. The zero-order chi connectivity index (χ0) is 15.2. The van der Waals surface area contributed by atoms with Gasteiger partial charge in [0.1, 0.15) is 29.2 Å². The van der Waals surface area contributed by atoms with Gasteiger partial charge in [-0.25, -0.2) is 14.6 Å². The fraction of sp³-hybridized carbons (Fsp3) is 0.333. The third-order valence-corrected chi connectivity index (χ3v) is 2.73. The lowest BCUT2D eigenvalue weighted by Crippen LogP contribution is -2.36. The zero-order valence-corrected chi connectivity index (χ0v) is 11.3. The number of nitrogens with zero attached hydrogens (tertiary/aromatic N) is 2. The van der Waals surface area contributed by atoms with Gasteiger partial charge in [0.05, 0.1) is 6.54 Å². The Balaban J connectivity index is 1.73. The van der Waals surface area contributed by atoms with Crippen molar-refractivity contribution in [2.24, 2.45) is 0 Å². The number of carbonyl (C=O) groups excluding carboxylic acids is 1. The first kappa shape index (κ1) is 14.6. The standard InChI is InChI=1S/C12H15N5O4/c1-7-9(11(18)19)4-8(21-7)5-14-12(20)13-3-2-10-15-6-16-17-10/h4,6H,2-3,5H2,1H3,(H,18,19)(H2,13,14,20)(H,15,16,17). The van der Waals surface area contributed by atoms with Crippen LogP contribution in [0.3, 0.4) is 0 Å². The van der Waals surface area contributed by atoms with Crippen molar-refractivity contribution in [1.29, 1.82) is 0 Å². The molecule has 0 radical (unpaired) electrons. The minimum Gasteiger partial charge on any atom is -0.478 e.